The van der Waals surface area contributed by atoms with Gasteiger partial charge >= 0.3 is 5.97 Å². The van der Waals surface area contributed by atoms with E-state index in [9.17, 15) is 4.79 Å². The Kier molecular flexibility index (Phi) is 16.9. The highest BCUT2D eigenvalue weighted by atomic mass is 16.7. The third-order valence-corrected chi connectivity index (χ3v) is 9.99. The lowest BCUT2D eigenvalue weighted by molar-refractivity contribution is -0.329. The maximum atomic E-state index is 13.1. The fourth-order valence-corrected chi connectivity index (χ4v) is 6.81. The normalized spacial score (nSPS) is 21.1. The first-order valence-corrected chi connectivity index (χ1v) is 20.0. The molecule has 0 N–H and O–H groups in total. The number of allylic oxidation sites excluding steroid dienone is 4. The third kappa shape index (κ3) is 13.4. The molecule has 8 nitrogen and oxygen atoms in total. The van der Waals surface area contributed by atoms with E-state index in [0.29, 0.717) is 33.0 Å². The summed E-state index contributed by atoms with van der Waals surface area (Å²) in [6.07, 6.45) is 8.19. The first kappa shape index (κ1) is 41.2. The molecule has 0 saturated carbocycles. The number of unbranched alkanes of at least 4 members (excludes halogenated alkanes) is 2. The van der Waals surface area contributed by atoms with Gasteiger partial charge in [-0.3, -0.25) is 4.79 Å². The van der Waals surface area contributed by atoms with Crippen molar-refractivity contribution in [2.45, 2.75) is 96.2 Å². The van der Waals surface area contributed by atoms with Gasteiger partial charge in [0, 0.05) is 0 Å². The number of hydrogen-bond acceptors (Lipinski definition) is 8. The maximum Gasteiger partial charge on any atom is 0.310 e. The van der Waals surface area contributed by atoms with Crippen LogP contribution in [-0.4, -0.2) is 56.5 Å². The van der Waals surface area contributed by atoms with Crippen LogP contribution in [0.1, 0.15) is 61.3 Å². The Morgan fingerprint density at radius 2 is 1.18 bits per heavy atom. The lowest BCUT2D eigenvalue weighted by atomic mass is 9.97. The van der Waals surface area contributed by atoms with Crippen molar-refractivity contribution in [2.24, 2.45) is 5.92 Å². The Morgan fingerprint density at radius 1 is 0.643 bits per heavy atom. The van der Waals surface area contributed by atoms with Gasteiger partial charge in [0.25, 0.3) is 0 Å². The van der Waals surface area contributed by atoms with Gasteiger partial charge in [-0.05, 0) is 61.3 Å². The topological polar surface area (TPSA) is 81.7 Å². The SMILES string of the molecule is C[C@H](COC1O[C@H](COCc2ccccc2)[C@@H](OCc2ccccc2)[C@H](OCc2ccccc2)[C@@H]1OCc1ccccc1)C(=O)OCCCCCC1=CC=CC1. The Morgan fingerprint density at radius 3 is 1.73 bits per heavy atom. The second kappa shape index (κ2) is 23.0. The van der Waals surface area contributed by atoms with Gasteiger partial charge in [-0.1, -0.05) is 145 Å². The summed E-state index contributed by atoms with van der Waals surface area (Å²) in [7, 11) is 0. The number of carbonyl (C=O) groups excluding carboxylic acids is 1. The highest BCUT2D eigenvalue weighted by molar-refractivity contribution is 5.72. The number of esters is 1. The van der Waals surface area contributed by atoms with E-state index in [1.807, 2.05) is 128 Å². The van der Waals surface area contributed by atoms with Gasteiger partial charge in [-0.2, -0.15) is 0 Å². The zero-order valence-corrected chi connectivity index (χ0v) is 32.5. The molecular formula is C48H56O8. The van der Waals surface area contributed by atoms with Crippen LogP contribution in [0.5, 0.6) is 0 Å². The van der Waals surface area contributed by atoms with Gasteiger partial charge in [0.15, 0.2) is 6.29 Å². The standard InChI is InChI=1S/C48H56O8/c1-37(47(49)51-30-18-6-15-19-38-20-16-17-21-38)31-55-48-46(54-35-42-28-13-5-14-29-42)45(53-34-41-26-11-4-12-27-41)44(52-33-40-24-9-3-10-25-40)43(56-48)36-50-32-39-22-7-2-8-23-39/h2-5,7-14,16-17,20,22-29,37,43-46,48H,6,15,18-19,21,30-36H2,1H3/t37-,43-,44-,45+,46+,48?/m1/s1. The van der Waals surface area contributed by atoms with Crippen molar-refractivity contribution in [1.29, 1.82) is 0 Å². The molecule has 0 bridgehead atoms. The van der Waals surface area contributed by atoms with E-state index < -0.39 is 36.6 Å². The minimum absolute atomic E-state index is 0.0778. The van der Waals surface area contributed by atoms with Crippen molar-refractivity contribution in [1.82, 2.24) is 0 Å². The van der Waals surface area contributed by atoms with Crippen molar-refractivity contribution >= 4 is 5.97 Å². The smallest absolute Gasteiger partial charge is 0.310 e. The maximum absolute atomic E-state index is 13.1. The molecule has 2 aliphatic rings. The predicted octanol–water partition coefficient (Wildman–Crippen LogP) is 9.33. The third-order valence-electron chi connectivity index (χ3n) is 9.99. The number of benzene rings is 4. The zero-order chi connectivity index (χ0) is 38.6. The lowest BCUT2D eigenvalue weighted by Crippen LogP contribution is -2.62. The van der Waals surface area contributed by atoms with Crippen LogP contribution < -0.4 is 0 Å². The van der Waals surface area contributed by atoms with Crippen molar-refractivity contribution in [3.63, 3.8) is 0 Å². The van der Waals surface area contributed by atoms with Crippen molar-refractivity contribution in [2.75, 3.05) is 19.8 Å². The summed E-state index contributed by atoms with van der Waals surface area (Å²) in [6.45, 7) is 3.86. The number of ether oxygens (including phenoxy) is 7. The van der Waals surface area contributed by atoms with Crippen molar-refractivity contribution < 1.29 is 38.0 Å². The minimum Gasteiger partial charge on any atom is -0.465 e. The first-order valence-electron chi connectivity index (χ1n) is 20.0. The molecular weight excluding hydrogens is 705 g/mol. The highest BCUT2D eigenvalue weighted by Gasteiger charge is 2.49. The summed E-state index contributed by atoms with van der Waals surface area (Å²) in [5, 5.41) is 0. The molecule has 1 aliphatic carbocycles. The number of rotatable bonds is 23. The van der Waals surface area contributed by atoms with E-state index in [-0.39, 0.29) is 19.2 Å². The molecule has 1 aliphatic heterocycles. The summed E-state index contributed by atoms with van der Waals surface area (Å²) in [4.78, 5) is 13.1. The number of carbonyl (C=O) groups is 1. The fraction of sp³-hybridized carbons (Fsp3) is 0.396. The van der Waals surface area contributed by atoms with Crippen LogP contribution in [0, 0.1) is 5.92 Å². The largest absolute Gasteiger partial charge is 0.465 e. The molecule has 6 atom stereocenters. The van der Waals surface area contributed by atoms with E-state index in [4.69, 9.17) is 33.2 Å². The number of hydrogen-bond donors (Lipinski definition) is 0. The second-order valence-corrected chi connectivity index (χ2v) is 14.5. The molecule has 6 rings (SSSR count). The monoisotopic (exact) mass is 760 g/mol. The van der Waals surface area contributed by atoms with Crippen LogP contribution in [0.2, 0.25) is 0 Å². The van der Waals surface area contributed by atoms with Crippen LogP contribution in [0.3, 0.4) is 0 Å². The average molecular weight is 761 g/mol. The summed E-state index contributed by atoms with van der Waals surface area (Å²) < 4.78 is 45.5. The molecule has 0 amide bonds. The minimum atomic E-state index is -0.893. The predicted molar refractivity (Wildman–Crippen MR) is 216 cm³/mol. The van der Waals surface area contributed by atoms with Gasteiger partial charge in [0.1, 0.15) is 24.4 Å². The molecule has 1 saturated heterocycles. The van der Waals surface area contributed by atoms with Gasteiger partial charge in [-0.15, -0.1) is 0 Å². The fourth-order valence-electron chi connectivity index (χ4n) is 6.81. The van der Waals surface area contributed by atoms with Gasteiger partial charge in [0.2, 0.25) is 0 Å². The molecule has 1 unspecified atom stereocenters. The quantitative estimate of drug-likeness (QED) is 0.0547. The second-order valence-electron chi connectivity index (χ2n) is 14.5. The lowest BCUT2D eigenvalue weighted by Gasteiger charge is -2.46. The van der Waals surface area contributed by atoms with Gasteiger partial charge < -0.3 is 33.2 Å². The van der Waals surface area contributed by atoms with E-state index in [0.717, 1.165) is 54.4 Å². The highest BCUT2D eigenvalue weighted by Crippen LogP contribution is 2.32. The molecule has 296 valence electrons. The van der Waals surface area contributed by atoms with Crippen LogP contribution in [0.25, 0.3) is 0 Å². The molecule has 0 aromatic heterocycles. The molecule has 4 aromatic rings. The molecule has 1 fully saturated rings. The van der Waals surface area contributed by atoms with Crippen LogP contribution in [0.4, 0.5) is 0 Å². The average Bonchev–Trinajstić information content (AvgIpc) is 3.77. The van der Waals surface area contributed by atoms with E-state index in [2.05, 4.69) is 18.2 Å². The molecule has 4 aromatic carbocycles. The Hall–Kier alpha value is -4.41. The van der Waals surface area contributed by atoms with E-state index in [1.165, 1.54) is 5.57 Å². The van der Waals surface area contributed by atoms with Gasteiger partial charge in [-0.25, -0.2) is 0 Å². The van der Waals surface area contributed by atoms with Crippen molar-refractivity contribution in [3.8, 4) is 0 Å². The molecule has 0 spiro atoms. The van der Waals surface area contributed by atoms with Crippen LogP contribution in [0.15, 0.2) is 145 Å². The van der Waals surface area contributed by atoms with Crippen LogP contribution >= 0.6 is 0 Å². The molecule has 1 heterocycles. The summed E-state index contributed by atoms with van der Waals surface area (Å²) in [5.41, 5.74) is 5.55. The Labute approximate surface area is 332 Å². The Bertz CT molecular complexity index is 1750. The zero-order valence-electron chi connectivity index (χ0n) is 32.5. The molecule has 0 radical (unpaired) electrons. The summed E-state index contributed by atoms with van der Waals surface area (Å²) in [5.74, 6) is -0.819. The van der Waals surface area contributed by atoms with E-state index >= 15 is 0 Å². The van der Waals surface area contributed by atoms with E-state index in [1.54, 1.807) is 0 Å². The molecule has 56 heavy (non-hydrogen) atoms. The molecule has 8 heteroatoms. The summed E-state index contributed by atoms with van der Waals surface area (Å²) in [6, 6.07) is 40.1. The first-order chi connectivity index (χ1) is 27.6. The van der Waals surface area contributed by atoms with Crippen molar-refractivity contribution in [3.05, 3.63) is 167 Å². The van der Waals surface area contributed by atoms with Crippen LogP contribution in [-0.2, 0) is 64.4 Å². The van der Waals surface area contributed by atoms with Gasteiger partial charge in [0.05, 0.1) is 52.2 Å². The summed E-state index contributed by atoms with van der Waals surface area (Å²) >= 11 is 0. The Balaban J connectivity index is 1.17.